The molecule has 1 aliphatic heterocycles. The second-order valence-corrected chi connectivity index (χ2v) is 4.92. The van der Waals surface area contributed by atoms with Crippen LogP contribution < -0.4 is 15.4 Å². The normalized spacial score (nSPS) is 15.1. The summed E-state index contributed by atoms with van der Waals surface area (Å²) in [5, 5.41) is 15.0. The van der Waals surface area contributed by atoms with Gasteiger partial charge in [0, 0.05) is 18.0 Å². The van der Waals surface area contributed by atoms with Crippen molar-refractivity contribution in [3.8, 4) is 5.75 Å². The molecule has 1 aromatic rings. The third-order valence-electron chi connectivity index (χ3n) is 3.48. The van der Waals surface area contributed by atoms with Crippen LogP contribution in [0.2, 0.25) is 0 Å². The van der Waals surface area contributed by atoms with Crippen LogP contribution in [0, 0.1) is 5.92 Å². The second-order valence-electron chi connectivity index (χ2n) is 4.92. The fourth-order valence-electron chi connectivity index (χ4n) is 2.36. The number of aliphatic hydroxyl groups is 1. The van der Waals surface area contributed by atoms with E-state index < -0.39 is 0 Å². The Labute approximate surface area is 131 Å². The quantitative estimate of drug-likeness (QED) is 0.735. The fraction of sp³-hybridized carbons (Fsp3) is 0.533. The maximum absolute atomic E-state index is 12.1. The molecule has 1 fully saturated rings. The lowest BCUT2D eigenvalue weighted by atomic mass is 9.97. The highest BCUT2D eigenvalue weighted by molar-refractivity contribution is 5.85. The standard InChI is InChI=1S/C15H22N2O3.ClH/c18-9-10-20-14-4-2-1-3-13(14)11-17-15(19)12-5-7-16-8-6-12;/h1-4,12,16,18H,5-11H2,(H,17,19);1H. The fourth-order valence-corrected chi connectivity index (χ4v) is 2.36. The van der Waals surface area contributed by atoms with Crippen molar-refractivity contribution in [1.29, 1.82) is 0 Å². The summed E-state index contributed by atoms with van der Waals surface area (Å²) < 4.78 is 5.45. The van der Waals surface area contributed by atoms with Crippen LogP contribution in [0.15, 0.2) is 24.3 Å². The van der Waals surface area contributed by atoms with Gasteiger partial charge < -0.3 is 20.5 Å². The Balaban J connectivity index is 0.00000220. The highest BCUT2D eigenvalue weighted by Gasteiger charge is 2.20. The van der Waals surface area contributed by atoms with E-state index in [0.717, 1.165) is 31.5 Å². The number of halogens is 1. The van der Waals surface area contributed by atoms with Gasteiger partial charge in [-0.3, -0.25) is 4.79 Å². The van der Waals surface area contributed by atoms with Crippen molar-refractivity contribution in [3.05, 3.63) is 29.8 Å². The van der Waals surface area contributed by atoms with Crippen LogP contribution in [0.4, 0.5) is 0 Å². The van der Waals surface area contributed by atoms with E-state index in [1.54, 1.807) is 0 Å². The highest BCUT2D eigenvalue weighted by Crippen LogP contribution is 2.18. The summed E-state index contributed by atoms with van der Waals surface area (Å²) in [5.41, 5.74) is 0.934. The van der Waals surface area contributed by atoms with Crippen molar-refractivity contribution in [3.63, 3.8) is 0 Å². The van der Waals surface area contributed by atoms with E-state index in [1.165, 1.54) is 0 Å². The van der Waals surface area contributed by atoms with Crippen LogP contribution in [-0.4, -0.2) is 37.3 Å². The number of piperidine rings is 1. The molecule has 0 aromatic heterocycles. The van der Waals surface area contributed by atoms with E-state index in [4.69, 9.17) is 9.84 Å². The number of carbonyl (C=O) groups is 1. The van der Waals surface area contributed by atoms with Gasteiger partial charge in [0.15, 0.2) is 0 Å². The number of para-hydroxylation sites is 1. The number of hydrogen-bond donors (Lipinski definition) is 3. The number of nitrogens with one attached hydrogen (secondary N) is 2. The molecule has 0 radical (unpaired) electrons. The number of carbonyl (C=O) groups excluding carboxylic acids is 1. The molecule has 0 aliphatic carbocycles. The number of hydrogen-bond acceptors (Lipinski definition) is 4. The van der Waals surface area contributed by atoms with Gasteiger partial charge in [-0.25, -0.2) is 0 Å². The third-order valence-corrected chi connectivity index (χ3v) is 3.48. The van der Waals surface area contributed by atoms with Gasteiger partial charge >= 0.3 is 0 Å². The number of rotatable bonds is 6. The molecule has 118 valence electrons. The second kappa shape index (κ2) is 9.60. The van der Waals surface area contributed by atoms with Gasteiger partial charge in [-0.1, -0.05) is 18.2 Å². The summed E-state index contributed by atoms with van der Waals surface area (Å²) >= 11 is 0. The van der Waals surface area contributed by atoms with Crippen LogP contribution >= 0.6 is 12.4 Å². The minimum absolute atomic E-state index is 0. The molecule has 0 spiro atoms. The smallest absolute Gasteiger partial charge is 0.223 e. The number of amides is 1. The molecule has 0 unspecified atom stereocenters. The van der Waals surface area contributed by atoms with Crippen molar-refractivity contribution in [2.24, 2.45) is 5.92 Å². The lowest BCUT2D eigenvalue weighted by molar-refractivity contribution is -0.125. The Morgan fingerprint density at radius 1 is 1.33 bits per heavy atom. The maximum Gasteiger partial charge on any atom is 0.223 e. The topological polar surface area (TPSA) is 70.6 Å². The summed E-state index contributed by atoms with van der Waals surface area (Å²) in [4.78, 5) is 12.1. The molecule has 0 bridgehead atoms. The first-order chi connectivity index (χ1) is 9.81. The lowest BCUT2D eigenvalue weighted by Gasteiger charge is -2.22. The van der Waals surface area contributed by atoms with E-state index in [2.05, 4.69) is 10.6 Å². The molecule has 1 aromatic carbocycles. The van der Waals surface area contributed by atoms with Crippen LogP contribution in [0.1, 0.15) is 18.4 Å². The van der Waals surface area contributed by atoms with Crippen LogP contribution in [0.25, 0.3) is 0 Å². The summed E-state index contributed by atoms with van der Waals surface area (Å²) in [6.45, 7) is 2.53. The zero-order valence-corrected chi connectivity index (χ0v) is 12.8. The third kappa shape index (κ3) is 5.53. The van der Waals surface area contributed by atoms with Crippen molar-refractivity contribution < 1.29 is 14.6 Å². The largest absolute Gasteiger partial charge is 0.491 e. The van der Waals surface area contributed by atoms with E-state index in [0.29, 0.717) is 12.3 Å². The van der Waals surface area contributed by atoms with E-state index in [-0.39, 0.29) is 37.4 Å². The molecule has 2 rings (SSSR count). The predicted octanol–water partition coefficient (Wildman–Crippen LogP) is 1.10. The van der Waals surface area contributed by atoms with Gasteiger partial charge in [-0.05, 0) is 32.0 Å². The van der Waals surface area contributed by atoms with Gasteiger partial charge in [0.25, 0.3) is 0 Å². The first kappa shape index (κ1) is 17.8. The number of ether oxygens (including phenoxy) is 1. The van der Waals surface area contributed by atoms with E-state index in [1.807, 2.05) is 24.3 Å². The summed E-state index contributed by atoms with van der Waals surface area (Å²) in [6, 6.07) is 7.57. The van der Waals surface area contributed by atoms with E-state index in [9.17, 15) is 4.79 Å². The first-order valence-electron chi connectivity index (χ1n) is 7.11. The molecule has 0 saturated carbocycles. The van der Waals surface area contributed by atoms with Crippen molar-refractivity contribution in [2.45, 2.75) is 19.4 Å². The molecule has 1 saturated heterocycles. The highest BCUT2D eigenvalue weighted by atomic mass is 35.5. The SMILES string of the molecule is Cl.O=C(NCc1ccccc1OCCO)C1CCNCC1. The van der Waals surface area contributed by atoms with Crippen molar-refractivity contribution in [1.82, 2.24) is 10.6 Å². The van der Waals surface area contributed by atoms with Crippen molar-refractivity contribution in [2.75, 3.05) is 26.3 Å². The molecule has 5 nitrogen and oxygen atoms in total. The molecule has 1 aliphatic rings. The van der Waals surface area contributed by atoms with Gasteiger partial charge in [-0.15, -0.1) is 12.4 Å². The van der Waals surface area contributed by atoms with Gasteiger partial charge in [0.1, 0.15) is 12.4 Å². The molecule has 3 N–H and O–H groups in total. The molecule has 1 amide bonds. The molecule has 0 atom stereocenters. The average Bonchev–Trinajstić information content (AvgIpc) is 2.52. The zero-order chi connectivity index (χ0) is 14.2. The predicted molar refractivity (Wildman–Crippen MR) is 83.7 cm³/mol. The van der Waals surface area contributed by atoms with E-state index >= 15 is 0 Å². The molecular weight excluding hydrogens is 292 g/mol. The lowest BCUT2D eigenvalue weighted by Crippen LogP contribution is -2.37. The Morgan fingerprint density at radius 3 is 2.76 bits per heavy atom. The Kier molecular flexibility index (Phi) is 8.12. The van der Waals surface area contributed by atoms with Crippen LogP contribution in [0.5, 0.6) is 5.75 Å². The summed E-state index contributed by atoms with van der Waals surface area (Å²) in [6.07, 6.45) is 1.79. The minimum Gasteiger partial charge on any atom is -0.491 e. The Bertz CT molecular complexity index is 437. The minimum atomic E-state index is -0.0181. The Hall–Kier alpha value is -1.30. The number of benzene rings is 1. The van der Waals surface area contributed by atoms with Gasteiger partial charge in [0.05, 0.1) is 6.61 Å². The monoisotopic (exact) mass is 314 g/mol. The zero-order valence-electron chi connectivity index (χ0n) is 12.0. The average molecular weight is 315 g/mol. The summed E-state index contributed by atoms with van der Waals surface area (Å²) in [5.74, 6) is 0.942. The van der Waals surface area contributed by atoms with Gasteiger partial charge in [-0.2, -0.15) is 0 Å². The van der Waals surface area contributed by atoms with Crippen LogP contribution in [-0.2, 0) is 11.3 Å². The number of aliphatic hydroxyl groups excluding tert-OH is 1. The molecule has 6 heteroatoms. The van der Waals surface area contributed by atoms with Gasteiger partial charge in [0.2, 0.25) is 5.91 Å². The summed E-state index contributed by atoms with van der Waals surface area (Å²) in [7, 11) is 0. The molecular formula is C15H23ClN2O3. The Morgan fingerprint density at radius 2 is 2.05 bits per heavy atom. The molecule has 21 heavy (non-hydrogen) atoms. The van der Waals surface area contributed by atoms with Crippen molar-refractivity contribution >= 4 is 18.3 Å². The maximum atomic E-state index is 12.1. The first-order valence-corrected chi connectivity index (χ1v) is 7.11. The van der Waals surface area contributed by atoms with Crippen LogP contribution in [0.3, 0.4) is 0 Å². The molecule has 1 heterocycles.